The molecule has 0 bridgehead atoms. The molecule has 0 fully saturated rings. The Morgan fingerprint density at radius 2 is 2.09 bits per heavy atom. The van der Waals surface area contributed by atoms with E-state index >= 15 is 0 Å². The van der Waals surface area contributed by atoms with Crippen LogP contribution in [-0.4, -0.2) is 31.4 Å². The van der Waals surface area contributed by atoms with Gasteiger partial charge in [-0.05, 0) is 30.3 Å². The maximum Gasteiger partial charge on any atom is 0.259 e. The Morgan fingerprint density at radius 3 is 2.91 bits per heavy atom. The molecule has 0 radical (unpaired) electrons. The lowest BCUT2D eigenvalue weighted by atomic mass is 10.2. The van der Waals surface area contributed by atoms with Crippen LogP contribution >= 0.6 is 0 Å². The highest BCUT2D eigenvalue weighted by molar-refractivity contribution is 5.97. The number of carbonyl (C=O) groups excluding carboxylic acids is 2. The molecule has 1 aliphatic rings. The highest BCUT2D eigenvalue weighted by Crippen LogP contribution is 2.32. The zero-order valence-corrected chi connectivity index (χ0v) is 11.9. The van der Waals surface area contributed by atoms with Crippen LogP contribution in [0.3, 0.4) is 0 Å². The number of carbonyl (C=O) groups is 2. The summed E-state index contributed by atoms with van der Waals surface area (Å²) in [5, 5.41) is 6.19. The third kappa shape index (κ3) is 3.67. The summed E-state index contributed by atoms with van der Waals surface area (Å²) in [5.41, 5.74) is 2.66. The average molecular weight is 315 g/mol. The first kappa shape index (κ1) is 14.6. The van der Waals surface area contributed by atoms with Gasteiger partial charge in [0.1, 0.15) is 5.76 Å². The summed E-state index contributed by atoms with van der Waals surface area (Å²) in [4.78, 5) is 23.5. The minimum atomic E-state index is -0.457. The molecule has 0 spiro atoms. The summed E-state index contributed by atoms with van der Waals surface area (Å²) in [5.74, 6) is 0.752. The lowest BCUT2D eigenvalue weighted by Gasteiger charge is -2.05. The van der Waals surface area contributed by atoms with Crippen LogP contribution in [0.4, 0.5) is 0 Å². The van der Waals surface area contributed by atoms with Crippen LogP contribution in [-0.2, 0) is 4.79 Å². The maximum absolute atomic E-state index is 12.0. The zero-order valence-electron chi connectivity index (χ0n) is 11.9. The molecular weight excluding hydrogens is 302 g/mol. The summed E-state index contributed by atoms with van der Waals surface area (Å²) in [6, 6.07) is 8.19. The quantitative estimate of drug-likeness (QED) is 0.630. The average Bonchev–Trinajstić information content (AvgIpc) is 3.23. The van der Waals surface area contributed by atoms with Gasteiger partial charge in [-0.2, -0.15) is 5.10 Å². The third-order valence-corrected chi connectivity index (χ3v) is 2.97. The lowest BCUT2D eigenvalue weighted by molar-refractivity contribution is -0.120. The molecule has 8 heteroatoms. The fraction of sp³-hybridized carbons (Fsp3) is 0.133. The van der Waals surface area contributed by atoms with Gasteiger partial charge in [-0.25, -0.2) is 5.43 Å². The van der Waals surface area contributed by atoms with Gasteiger partial charge in [0.25, 0.3) is 11.8 Å². The first-order valence-electron chi connectivity index (χ1n) is 6.75. The third-order valence-electron chi connectivity index (χ3n) is 2.97. The van der Waals surface area contributed by atoms with Crippen LogP contribution in [0, 0.1) is 0 Å². The molecule has 1 aromatic heterocycles. The monoisotopic (exact) mass is 315 g/mol. The Balaban J connectivity index is 1.47. The number of nitrogens with one attached hydrogen (secondary N) is 2. The van der Waals surface area contributed by atoms with E-state index in [4.69, 9.17) is 13.9 Å². The minimum Gasteiger partial charge on any atom is -0.463 e. The number of hydrogen-bond acceptors (Lipinski definition) is 6. The van der Waals surface area contributed by atoms with E-state index in [0.29, 0.717) is 22.8 Å². The molecular formula is C15H13N3O5. The standard InChI is InChI=1S/C15H13N3O5/c19-14(18-17-7-11-2-1-5-21-11)8-16-15(20)10-3-4-12-13(6-10)23-9-22-12/h1-7H,8-9H2,(H,16,20)(H,18,19)/b17-7-. The molecule has 0 saturated carbocycles. The van der Waals surface area contributed by atoms with Gasteiger partial charge in [0.15, 0.2) is 11.5 Å². The van der Waals surface area contributed by atoms with Crippen LogP contribution in [0.15, 0.2) is 46.1 Å². The number of rotatable bonds is 5. The van der Waals surface area contributed by atoms with Crippen molar-refractivity contribution in [2.75, 3.05) is 13.3 Å². The van der Waals surface area contributed by atoms with Crippen LogP contribution < -0.4 is 20.2 Å². The second-order valence-corrected chi connectivity index (χ2v) is 4.56. The Bertz CT molecular complexity index is 740. The first-order valence-corrected chi connectivity index (χ1v) is 6.75. The number of hydrazone groups is 1. The van der Waals surface area contributed by atoms with Gasteiger partial charge in [0, 0.05) is 5.56 Å². The largest absolute Gasteiger partial charge is 0.463 e. The van der Waals surface area contributed by atoms with Crippen molar-refractivity contribution < 1.29 is 23.5 Å². The number of hydrogen-bond donors (Lipinski definition) is 2. The second-order valence-electron chi connectivity index (χ2n) is 4.56. The molecule has 0 unspecified atom stereocenters. The molecule has 1 aliphatic heterocycles. The fourth-order valence-electron chi connectivity index (χ4n) is 1.87. The fourth-order valence-corrected chi connectivity index (χ4v) is 1.87. The second kappa shape index (κ2) is 6.65. The van der Waals surface area contributed by atoms with Crippen LogP contribution in [0.2, 0.25) is 0 Å². The maximum atomic E-state index is 12.0. The molecule has 2 aromatic rings. The van der Waals surface area contributed by atoms with Gasteiger partial charge >= 0.3 is 0 Å². The predicted octanol–water partition coefficient (Wildman–Crippen LogP) is 0.888. The Labute approximate surface area is 131 Å². The molecule has 2 amide bonds. The van der Waals surface area contributed by atoms with Crippen molar-refractivity contribution in [2.24, 2.45) is 5.10 Å². The summed E-state index contributed by atoms with van der Waals surface area (Å²) in [6.45, 7) is -0.0702. The predicted molar refractivity (Wildman–Crippen MR) is 79.3 cm³/mol. The van der Waals surface area contributed by atoms with E-state index in [9.17, 15) is 9.59 Å². The van der Waals surface area contributed by atoms with Crippen molar-refractivity contribution in [3.63, 3.8) is 0 Å². The van der Waals surface area contributed by atoms with Crippen molar-refractivity contribution in [2.45, 2.75) is 0 Å². The van der Waals surface area contributed by atoms with E-state index in [1.165, 1.54) is 12.5 Å². The highest BCUT2D eigenvalue weighted by atomic mass is 16.7. The van der Waals surface area contributed by atoms with Gasteiger partial charge in [0.2, 0.25) is 6.79 Å². The minimum absolute atomic E-state index is 0.135. The molecule has 1 aromatic carbocycles. The number of nitrogens with zero attached hydrogens (tertiary/aromatic N) is 1. The van der Waals surface area contributed by atoms with Crippen LogP contribution in [0.1, 0.15) is 16.1 Å². The Hall–Kier alpha value is -3.29. The summed E-state index contributed by atoms with van der Waals surface area (Å²) in [6.07, 6.45) is 2.85. The number of ether oxygens (including phenoxy) is 2. The van der Waals surface area contributed by atoms with E-state index in [1.807, 2.05) is 0 Å². The molecule has 0 aliphatic carbocycles. The molecule has 0 saturated heterocycles. The zero-order chi connectivity index (χ0) is 16.1. The molecule has 0 atom stereocenters. The van der Waals surface area contributed by atoms with Crippen molar-refractivity contribution in [3.05, 3.63) is 47.9 Å². The van der Waals surface area contributed by atoms with Gasteiger partial charge < -0.3 is 19.2 Å². The molecule has 2 heterocycles. The van der Waals surface area contributed by atoms with Gasteiger partial charge in [-0.3, -0.25) is 9.59 Å². The number of amides is 2. The van der Waals surface area contributed by atoms with Crippen molar-refractivity contribution in [1.82, 2.24) is 10.7 Å². The van der Waals surface area contributed by atoms with E-state index < -0.39 is 11.8 Å². The van der Waals surface area contributed by atoms with E-state index in [0.717, 1.165) is 0 Å². The smallest absolute Gasteiger partial charge is 0.259 e. The van der Waals surface area contributed by atoms with Crippen molar-refractivity contribution in [3.8, 4) is 11.5 Å². The molecule has 3 rings (SSSR count). The molecule has 118 valence electrons. The molecule has 8 nitrogen and oxygen atoms in total. The SMILES string of the molecule is O=C(CNC(=O)c1ccc2c(c1)OCO2)N/N=C\c1ccco1. The molecule has 23 heavy (non-hydrogen) atoms. The van der Waals surface area contributed by atoms with Crippen LogP contribution in [0.5, 0.6) is 11.5 Å². The van der Waals surface area contributed by atoms with Crippen molar-refractivity contribution >= 4 is 18.0 Å². The Morgan fingerprint density at radius 1 is 1.22 bits per heavy atom. The van der Waals surface area contributed by atoms with Gasteiger partial charge in [-0.15, -0.1) is 0 Å². The van der Waals surface area contributed by atoms with E-state index in [1.54, 1.807) is 30.3 Å². The van der Waals surface area contributed by atoms with E-state index in [-0.39, 0.29) is 13.3 Å². The Kier molecular flexibility index (Phi) is 4.23. The normalized spacial score (nSPS) is 12.3. The van der Waals surface area contributed by atoms with Gasteiger partial charge in [0.05, 0.1) is 19.0 Å². The summed E-state index contributed by atoms with van der Waals surface area (Å²) >= 11 is 0. The summed E-state index contributed by atoms with van der Waals surface area (Å²) < 4.78 is 15.4. The van der Waals surface area contributed by atoms with E-state index in [2.05, 4.69) is 15.8 Å². The molecule has 2 N–H and O–H groups in total. The summed E-state index contributed by atoms with van der Waals surface area (Å²) in [7, 11) is 0. The van der Waals surface area contributed by atoms with Gasteiger partial charge in [-0.1, -0.05) is 0 Å². The number of fused-ring (bicyclic) bond motifs is 1. The van der Waals surface area contributed by atoms with Crippen LogP contribution in [0.25, 0.3) is 0 Å². The van der Waals surface area contributed by atoms with Crippen molar-refractivity contribution in [1.29, 1.82) is 0 Å². The number of benzene rings is 1. The number of furan rings is 1. The first-order chi connectivity index (χ1) is 11.2. The highest BCUT2D eigenvalue weighted by Gasteiger charge is 2.16. The lowest BCUT2D eigenvalue weighted by Crippen LogP contribution is -2.34. The topological polar surface area (TPSA) is 102 Å².